The van der Waals surface area contributed by atoms with E-state index in [0.29, 0.717) is 0 Å². The van der Waals surface area contributed by atoms with Crippen LogP contribution in [0.3, 0.4) is 0 Å². The topological polar surface area (TPSA) is 59.2 Å². The Kier molecular flexibility index (Phi) is 5.30. The van der Waals surface area contributed by atoms with Crippen molar-refractivity contribution < 1.29 is 18.0 Å². The van der Waals surface area contributed by atoms with E-state index in [0.717, 1.165) is 0 Å². The number of terminal acetylenes is 1. The van der Waals surface area contributed by atoms with Gasteiger partial charge < -0.3 is 10.6 Å². The number of primary amides is 1. The van der Waals surface area contributed by atoms with Gasteiger partial charge in [-0.2, -0.15) is 13.2 Å². The van der Waals surface area contributed by atoms with Crippen molar-refractivity contribution in [3.8, 4) is 12.3 Å². The highest BCUT2D eigenvalue weighted by molar-refractivity contribution is 6.31. The number of aromatic nitrogens is 1. The fourth-order valence-corrected chi connectivity index (χ4v) is 1.95. The lowest BCUT2D eigenvalue weighted by Gasteiger charge is -2.36. The minimum atomic E-state index is -4.37. The first-order valence-corrected chi connectivity index (χ1v) is 6.63. The number of hydrogen-bond acceptors (Lipinski definition) is 3. The fourth-order valence-electron chi connectivity index (χ4n) is 1.80. The summed E-state index contributed by atoms with van der Waals surface area (Å²) in [4.78, 5) is 16.7. The second kappa shape index (κ2) is 6.44. The van der Waals surface area contributed by atoms with Gasteiger partial charge in [0.1, 0.15) is 5.82 Å². The molecule has 1 heterocycles. The summed E-state index contributed by atoms with van der Waals surface area (Å²) in [6.07, 6.45) is 1.13. The second-order valence-corrected chi connectivity index (χ2v) is 5.55. The normalized spacial score (nSPS) is 11.9. The number of rotatable bonds is 5. The van der Waals surface area contributed by atoms with Crippen LogP contribution < -0.4 is 10.6 Å². The Morgan fingerprint density at radius 1 is 1.50 bits per heavy atom. The molecule has 0 radical (unpaired) electrons. The number of carbonyl (C=O) groups is 1. The fraction of sp³-hybridized carbons (Fsp3) is 0.429. The molecule has 0 bridgehead atoms. The summed E-state index contributed by atoms with van der Waals surface area (Å²) in [5, 5.41) is 0.145. The van der Waals surface area contributed by atoms with E-state index in [4.69, 9.17) is 23.8 Å². The van der Waals surface area contributed by atoms with Crippen molar-refractivity contribution in [3.05, 3.63) is 22.8 Å². The first-order valence-electron chi connectivity index (χ1n) is 6.25. The lowest BCUT2D eigenvalue weighted by Crippen LogP contribution is -2.46. The molecule has 0 spiro atoms. The summed E-state index contributed by atoms with van der Waals surface area (Å²) < 4.78 is 37.6. The molecule has 0 aliphatic heterocycles. The second-order valence-electron chi connectivity index (χ2n) is 5.11. The third-order valence-corrected chi connectivity index (χ3v) is 3.21. The number of nitrogens with two attached hydrogens (primary N) is 1. The van der Waals surface area contributed by atoms with Crippen LogP contribution in [-0.2, 0) is 0 Å². The van der Waals surface area contributed by atoms with Crippen LogP contribution in [0.5, 0.6) is 0 Å². The van der Waals surface area contributed by atoms with Crippen molar-refractivity contribution in [3.63, 3.8) is 0 Å². The highest BCUT2D eigenvalue weighted by atomic mass is 35.5. The van der Waals surface area contributed by atoms with Crippen LogP contribution in [0, 0.1) is 12.3 Å². The van der Waals surface area contributed by atoms with Gasteiger partial charge in [0.05, 0.1) is 22.5 Å². The van der Waals surface area contributed by atoms with Crippen molar-refractivity contribution in [1.29, 1.82) is 0 Å². The zero-order valence-corrected chi connectivity index (χ0v) is 12.8. The zero-order chi connectivity index (χ0) is 17.1. The van der Waals surface area contributed by atoms with Crippen LogP contribution in [0.4, 0.5) is 19.0 Å². The van der Waals surface area contributed by atoms with Gasteiger partial charge in [0.2, 0.25) is 0 Å². The molecule has 22 heavy (non-hydrogen) atoms. The average molecular weight is 334 g/mol. The Bertz CT molecular complexity index is 608. The zero-order valence-electron chi connectivity index (χ0n) is 12.0. The van der Waals surface area contributed by atoms with Gasteiger partial charge in [-0.05, 0) is 19.9 Å². The molecule has 0 aromatic carbocycles. The number of halogens is 4. The van der Waals surface area contributed by atoms with E-state index in [-0.39, 0.29) is 16.4 Å². The largest absolute Gasteiger partial charge is 0.390 e. The van der Waals surface area contributed by atoms with Gasteiger partial charge in [-0.15, -0.1) is 6.42 Å². The van der Waals surface area contributed by atoms with E-state index in [1.54, 1.807) is 13.8 Å². The van der Waals surface area contributed by atoms with E-state index >= 15 is 0 Å². The summed E-state index contributed by atoms with van der Waals surface area (Å²) >= 11 is 5.75. The SMILES string of the molecule is C#CC(C)(C)N(CCC(F)(F)F)c1ncc(Cl)cc1C(N)=O. The van der Waals surface area contributed by atoms with Crippen LogP contribution in [0.15, 0.2) is 12.3 Å². The van der Waals surface area contributed by atoms with Gasteiger partial charge in [0.15, 0.2) is 0 Å². The number of carbonyl (C=O) groups excluding carboxylic acids is 1. The summed E-state index contributed by atoms with van der Waals surface area (Å²) in [6, 6.07) is 1.25. The predicted octanol–water partition coefficient (Wildman–Crippen LogP) is 3.00. The predicted molar refractivity (Wildman–Crippen MR) is 78.7 cm³/mol. The van der Waals surface area contributed by atoms with Crippen LogP contribution in [0.25, 0.3) is 0 Å². The smallest absolute Gasteiger partial charge is 0.365 e. The van der Waals surface area contributed by atoms with E-state index < -0.39 is 30.6 Å². The highest BCUT2D eigenvalue weighted by Gasteiger charge is 2.34. The van der Waals surface area contributed by atoms with Crippen molar-refractivity contribution in [2.24, 2.45) is 5.73 Å². The molecule has 0 unspecified atom stereocenters. The van der Waals surface area contributed by atoms with Gasteiger partial charge in [-0.1, -0.05) is 17.5 Å². The van der Waals surface area contributed by atoms with Crippen LogP contribution in [0.2, 0.25) is 5.02 Å². The maximum absolute atomic E-state index is 12.5. The summed E-state index contributed by atoms with van der Waals surface area (Å²) in [6.45, 7) is 2.63. The van der Waals surface area contributed by atoms with E-state index in [1.165, 1.54) is 17.2 Å². The standard InChI is InChI=1S/C14H15ClF3N3O/c1-4-13(2,3)21(6-5-14(16,17)18)12-10(11(19)22)7-9(15)8-20-12/h1,7-8H,5-6H2,2-3H3,(H2,19,22). The highest BCUT2D eigenvalue weighted by Crippen LogP contribution is 2.29. The number of nitrogens with zero attached hydrogens (tertiary/aromatic N) is 2. The Balaban J connectivity index is 3.34. The molecule has 8 heteroatoms. The van der Waals surface area contributed by atoms with E-state index in [9.17, 15) is 18.0 Å². The number of anilines is 1. The first-order chi connectivity index (χ1) is 9.98. The Morgan fingerprint density at radius 2 is 2.09 bits per heavy atom. The van der Waals surface area contributed by atoms with Gasteiger partial charge in [0.25, 0.3) is 5.91 Å². The maximum atomic E-state index is 12.5. The third kappa shape index (κ3) is 4.53. The van der Waals surface area contributed by atoms with Crippen LogP contribution >= 0.6 is 11.6 Å². The van der Waals surface area contributed by atoms with Gasteiger partial charge in [-0.25, -0.2) is 4.98 Å². The number of pyridine rings is 1. The van der Waals surface area contributed by atoms with Crippen LogP contribution in [0.1, 0.15) is 30.6 Å². The van der Waals surface area contributed by atoms with E-state index in [2.05, 4.69) is 10.9 Å². The lowest BCUT2D eigenvalue weighted by molar-refractivity contribution is -0.132. The molecule has 1 aromatic rings. The molecule has 1 amide bonds. The number of amides is 1. The molecule has 0 atom stereocenters. The molecular formula is C14H15ClF3N3O. The molecular weight excluding hydrogens is 319 g/mol. The third-order valence-electron chi connectivity index (χ3n) is 3.00. The van der Waals surface area contributed by atoms with Gasteiger partial charge in [-0.3, -0.25) is 4.79 Å². The molecule has 0 aliphatic carbocycles. The minimum absolute atomic E-state index is 0.0240. The quantitative estimate of drug-likeness (QED) is 0.843. The van der Waals surface area contributed by atoms with Crippen molar-refractivity contribution >= 4 is 23.3 Å². The number of alkyl halides is 3. The van der Waals surface area contributed by atoms with Crippen molar-refractivity contribution in [2.75, 3.05) is 11.4 Å². The maximum Gasteiger partial charge on any atom is 0.390 e. The summed E-state index contributed by atoms with van der Waals surface area (Å²) in [5.41, 5.74) is 4.06. The van der Waals surface area contributed by atoms with Gasteiger partial charge >= 0.3 is 6.18 Å². The van der Waals surface area contributed by atoms with Crippen molar-refractivity contribution in [2.45, 2.75) is 32.0 Å². The molecule has 0 saturated carbocycles. The summed E-state index contributed by atoms with van der Waals surface area (Å²) in [7, 11) is 0. The number of hydrogen-bond donors (Lipinski definition) is 1. The lowest BCUT2D eigenvalue weighted by atomic mass is 10.0. The Hall–Kier alpha value is -1.94. The minimum Gasteiger partial charge on any atom is -0.365 e. The molecule has 120 valence electrons. The van der Waals surface area contributed by atoms with E-state index in [1.807, 2.05) is 0 Å². The molecule has 0 saturated heterocycles. The molecule has 4 nitrogen and oxygen atoms in total. The summed E-state index contributed by atoms with van der Waals surface area (Å²) in [5.74, 6) is 1.51. The Morgan fingerprint density at radius 3 is 2.55 bits per heavy atom. The molecule has 0 aliphatic rings. The molecule has 1 aromatic heterocycles. The molecule has 0 fully saturated rings. The monoisotopic (exact) mass is 333 g/mol. The Labute approximate surface area is 131 Å². The first kappa shape index (κ1) is 18.1. The van der Waals surface area contributed by atoms with Crippen molar-refractivity contribution in [1.82, 2.24) is 4.98 Å². The molecule has 2 N–H and O–H groups in total. The van der Waals surface area contributed by atoms with Gasteiger partial charge in [0, 0.05) is 12.7 Å². The average Bonchev–Trinajstić information content (AvgIpc) is 2.38. The molecule has 1 rings (SSSR count). The van der Waals surface area contributed by atoms with Crippen LogP contribution in [-0.4, -0.2) is 29.2 Å².